The van der Waals surface area contributed by atoms with Gasteiger partial charge in [-0.3, -0.25) is 9.78 Å². The maximum Gasteiger partial charge on any atom is 0.223 e. The lowest BCUT2D eigenvalue weighted by atomic mass is 10.1. The molecule has 1 amide bonds. The third-order valence-corrected chi connectivity index (χ3v) is 5.77. The lowest BCUT2D eigenvalue weighted by Gasteiger charge is -2.11. The number of hydrogen-bond acceptors (Lipinski definition) is 6. The molecule has 2 N–H and O–H groups in total. The van der Waals surface area contributed by atoms with Crippen LogP contribution in [0.15, 0.2) is 61.1 Å². The number of aryl methyl sites for hydroxylation is 1. The van der Waals surface area contributed by atoms with Gasteiger partial charge in [0.1, 0.15) is 23.6 Å². The highest BCUT2D eigenvalue weighted by atomic mass is 35.5. The van der Waals surface area contributed by atoms with Gasteiger partial charge in [0, 0.05) is 28.2 Å². The molecule has 2 aromatic carbocycles. The fourth-order valence-corrected chi connectivity index (χ4v) is 3.66. The molecule has 0 saturated heterocycles. The zero-order valence-corrected chi connectivity index (χ0v) is 19.8. The fraction of sp³-hybridized carbons (Fsp3) is 0.185. The Kier molecular flexibility index (Phi) is 6.47. The van der Waals surface area contributed by atoms with Gasteiger partial charge in [-0.1, -0.05) is 23.4 Å². The van der Waals surface area contributed by atoms with Crippen LogP contribution in [0.1, 0.15) is 24.1 Å². The standard InChI is InChI=1S/C27H22ClN5O2/c1-17-4-9-21(15-30-17)35-25-11-8-20(14-23(25)28)33-26-22-13-18(5-10-24(22)31-16-32-26)3-2-12-29-27(34)19-6-7-19/h4-5,8-11,13-16,19H,6-7,12H2,1H3,(H,29,34)(H,31,32,33). The molecule has 174 valence electrons. The number of benzene rings is 2. The summed E-state index contributed by atoms with van der Waals surface area (Å²) in [5.41, 5.74) is 3.26. The van der Waals surface area contributed by atoms with Crippen molar-refractivity contribution in [3.05, 3.63) is 77.3 Å². The van der Waals surface area contributed by atoms with E-state index in [0.29, 0.717) is 28.9 Å². The molecule has 4 aromatic rings. The minimum absolute atomic E-state index is 0.0864. The number of pyridine rings is 1. The molecule has 7 nitrogen and oxygen atoms in total. The predicted octanol–water partition coefficient (Wildman–Crippen LogP) is 5.40. The summed E-state index contributed by atoms with van der Waals surface area (Å²) < 4.78 is 5.84. The van der Waals surface area contributed by atoms with E-state index in [9.17, 15) is 4.79 Å². The van der Waals surface area contributed by atoms with Crippen molar-refractivity contribution in [1.29, 1.82) is 0 Å². The summed E-state index contributed by atoms with van der Waals surface area (Å²) >= 11 is 6.47. The number of aromatic nitrogens is 3. The van der Waals surface area contributed by atoms with Crippen LogP contribution in [0.2, 0.25) is 5.02 Å². The Labute approximate surface area is 207 Å². The summed E-state index contributed by atoms with van der Waals surface area (Å²) in [5.74, 6) is 8.14. The van der Waals surface area contributed by atoms with Gasteiger partial charge in [-0.25, -0.2) is 9.97 Å². The van der Waals surface area contributed by atoms with Crippen LogP contribution in [0.3, 0.4) is 0 Å². The minimum Gasteiger partial charge on any atom is -0.454 e. The first-order chi connectivity index (χ1) is 17.0. The number of fused-ring (bicyclic) bond motifs is 1. The second-order valence-corrected chi connectivity index (χ2v) is 8.66. The van der Waals surface area contributed by atoms with Crippen molar-refractivity contribution in [2.45, 2.75) is 19.8 Å². The smallest absolute Gasteiger partial charge is 0.223 e. The lowest BCUT2D eigenvalue weighted by Crippen LogP contribution is -2.24. The second kappa shape index (κ2) is 10.00. The Hall–Kier alpha value is -4.15. The number of hydrogen-bond donors (Lipinski definition) is 2. The number of amides is 1. The summed E-state index contributed by atoms with van der Waals surface area (Å²) in [7, 11) is 0. The number of rotatable bonds is 6. The van der Waals surface area contributed by atoms with E-state index < -0.39 is 0 Å². The van der Waals surface area contributed by atoms with Gasteiger partial charge in [0.25, 0.3) is 0 Å². The average Bonchev–Trinajstić information content (AvgIpc) is 3.71. The molecule has 5 rings (SSSR count). The first kappa shape index (κ1) is 22.6. The average molecular weight is 484 g/mol. The Bertz CT molecular complexity index is 1460. The van der Waals surface area contributed by atoms with Gasteiger partial charge in [-0.2, -0.15) is 0 Å². The number of ether oxygens (including phenoxy) is 1. The first-order valence-corrected chi connectivity index (χ1v) is 11.6. The Morgan fingerprint density at radius 3 is 2.77 bits per heavy atom. The number of nitrogens with zero attached hydrogens (tertiary/aromatic N) is 3. The molecule has 35 heavy (non-hydrogen) atoms. The Morgan fingerprint density at radius 2 is 2.00 bits per heavy atom. The van der Waals surface area contributed by atoms with Crippen LogP contribution in [0.5, 0.6) is 11.5 Å². The van der Waals surface area contributed by atoms with Crippen molar-refractivity contribution < 1.29 is 9.53 Å². The third-order valence-electron chi connectivity index (χ3n) is 5.47. The monoisotopic (exact) mass is 483 g/mol. The van der Waals surface area contributed by atoms with Crippen LogP contribution in [-0.4, -0.2) is 27.4 Å². The molecular formula is C27H22ClN5O2. The summed E-state index contributed by atoms with van der Waals surface area (Å²) in [6.07, 6.45) is 5.12. The maximum atomic E-state index is 11.7. The SMILES string of the molecule is Cc1ccc(Oc2ccc(Nc3ncnc4ccc(C#CCNC(=O)C5CC5)cc34)cc2Cl)cn1. The number of carbonyl (C=O) groups excluding carboxylic acids is 1. The van der Waals surface area contributed by atoms with Gasteiger partial charge in [-0.15, -0.1) is 0 Å². The molecule has 8 heteroatoms. The van der Waals surface area contributed by atoms with Crippen LogP contribution in [0.4, 0.5) is 11.5 Å². The van der Waals surface area contributed by atoms with E-state index in [4.69, 9.17) is 16.3 Å². The lowest BCUT2D eigenvalue weighted by molar-refractivity contribution is -0.122. The summed E-state index contributed by atoms with van der Waals surface area (Å²) in [4.78, 5) is 24.7. The van der Waals surface area contributed by atoms with E-state index in [1.807, 2.05) is 43.3 Å². The van der Waals surface area contributed by atoms with Crippen molar-refractivity contribution in [2.24, 2.45) is 5.92 Å². The largest absolute Gasteiger partial charge is 0.454 e. The van der Waals surface area contributed by atoms with Crippen LogP contribution in [-0.2, 0) is 4.79 Å². The van der Waals surface area contributed by atoms with Crippen molar-refractivity contribution >= 4 is 39.9 Å². The van der Waals surface area contributed by atoms with Gasteiger partial charge in [-0.05, 0) is 68.3 Å². The van der Waals surface area contributed by atoms with Gasteiger partial charge < -0.3 is 15.4 Å². The van der Waals surface area contributed by atoms with Gasteiger partial charge in [0.2, 0.25) is 5.91 Å². The van der Waals surface area contributed by atoms with Crippen molar-refractivity contribution in [1.82, 2.24) is 20.3 Å². The topological polar surface area (TPSA) is 89.0 Å². The highest BCUT2D eigenvalue weighted by Gasteiger charge is 2.28. The molecule has 0 atom stereocenters. The highest BCUT2D eigenvalue weighted by molar-refractivity contribution is 6.32. The Morgan fingerprint density at radius 1 is 1.11 bits per heavy atom. The van der Waals surface area contributed by atoms with E-state index >= 15 is 0 Å². The van der Waals surface area contributed by atoms with E-state index in [1.54, 1.807) is 18.3 Å². The molecule has 0 aliphatic heterocycles. The van der Waals surface area contributed by atoms with Crippen molar-refractivity contribution in [2.75, 3.05) is 11.9 Å². The van der Waals surface area contributed by atoms with Gasteiger partial charge in [0.15, 0.2) is 0 Å². The molecule has 1 aliphatic carbocycles. The molecule has 0 unspecified atom stereocenters. The van der Waals surface area contributed by atoms with E-state index in [-0.39, 0.29) is 11.8 Å². The molecule has 0 radical (unpaired) electrons. The predicted molar refractivity (Wildman–Crippen MR) is 136 cm³/mol. The summed E-state index contributed by atoms with van der Waals surface area (Å²) in [6.45, 7) is 2.24. The molecule has 0 bridgehead atoms. The number of nitrogens with one attached hydrogen (secondary N) is 2. The molecular weight excluding hydrogens is 462 g/mol. The quantitative estimate of drug-likeness (QED) is 0.357. The molecule has 2 aromatic heterocycles. The van der Waals surface area contributed by atoms with Gasteiger partial charge >= 0.3 is 0 Å². The third kappa shape index (κ3) is 5.68. The summed E-state index contributed by atoms with van der Waals surface area (Å²) in [5, 5.41) is 7.43. The van der Waals surface area contributed by atoms with Crippen LogP contribution < -0.4 is 15.4 Å². The number of carbonyl (C=O) groups is 1. The van der Waals surface area contributed by atoms with E-state index in [1.165, 1.54) is 6.33 Å². The second-order valence-electron chi connectivity index (χ2n) is 8.26. The number of halogens is 1. The Balaban J connectivity index is 1.32. The van der Waals surface area contributed by atoms with Gasteiger partial charge in [0.05, 0.1) is 23.3 Å². The van der Waals surface area contributed by atoms with Crippen LogP contribution in [0, 0.1) is 24.7 Å². The van der Waals surface area contributed by atoms with Crippen molar-refractivity contribution in [3.63, 3.8) is 0 Å². The fourth-order valence-electron chi connectivity index (χ4n) is 3.44. The molecule has 1 aliphatic rings. The summed E-state index contributed by atoms with van der Waals surface area (Å²) in [6, 6.07) is 14.9. The van der Waals surface area contributed by atoms with Crippen LogP contribution >= 0.6 is 11.6 Å². The zero-order valence-electron chi connectivity index (χ0n) is 19.0. The van der Waals surface area contributed by atoms with Crippen molar-refractivity contribution in [3.8, 4) is 23.3 Å². The molecule has 1 fully saturated rings. The van der Waals surface area contributed by atoms with E-state index in [2.05, 4.69) is 37.4 Å². The molecule has 0 spiro atoms. The molecule has 1 saturated carbocycles. The number of anilines is 2. The zero-order chi connectivity index (χ0) is 24.2. The highest BCUT2D eigenvalue weighted by Crippen LogP contribution is 2.33. The first-order valence-electron chi connectivity index (χ1n) is 11.2. The normalized spacial score (nSPS) is 12.5. The minimum atomic E-state index is 0.0864. The van der Waals surface area contributed by atoms with Crippen LogP contribution in [0.25, 0.3) is 10.9 Å². The molecule has 2 heterocycles. The van der Waals surface area contributed by atoms with E-state index in [0.717, 1.165) is 40.7 Å². The maximum absolute atomic E-state index is 11.7.